The first kappa shape index (κ1) is 15.0. The zero-order valence-electron chi connectivity index (χ0n) is 10.5. The van der Waals surface area contributed by atoms with Gasteiger partial charge in [0.25, 0.3) is 0 Å². The molecule has 0 aliphatic rings. The van der Waals surface area contributed by atoms with Gasteiger partial charge < -0.3 is 15.3 Å². The molecule has 2 atom stereocenters. The van der Waals surface area contributed by atoms with E-state index in [0.29, 0.717) is 17.7 Å². The van der Waals surface area contributed by atoms with E-state index in [4.69, 9.17) is 0 Å². The number of phenols is 1. The van der Waals surface area contributed by atoms with Crippen LogP contribution >= 0.6 is 11.8 Å². The monoisotopic (exact) mass is 270 g/mol. The Hall–Kier alpha value is -1.04. The Balaban J connectivity index is 2.64. The molecule has 0 amide bonds. The molecule has 18 heavy (non-hydrogen) atoms. The molecular weight excluding hydrogens is 252 g/mol. The lowest BCUT2D eigenvalue weighted by atomic mass is 10.00. The van der Waals surface area contributed by atoms with Gasteiger partial charge >= 0.3 is 0 Å². The number of aromatic hydroxyl groups is 1. The molecule has 4 nitrogen and oxygen atoms in total. The molecule has 0 aliphatic carbocycles. The number of aryl methyl sites for hydroxylation is 1. The fraction of sp³-hybridized carbons (Fsp3) is 0.462. The van der Waals surface area contributed by atoms with Gasteiger partial charge in [-0.1, -0.05) is 23.4 Å². The number of phenolic OH excluding ortho intramolecular Hbond substituents is 1. The summed E-state index contributed by atoms with van der Waals surface area (Å²) in [5.74, 6) is 0.409. The number of rotatable bonds is 5. The molecule has 1 aromatic rings. The minimum absolute atomic E-state index is 0.0184. The Labute approximate surface area is 111 Å². The van der Waals surface area contributed by atoms with Crippen LogP contribution in [-0.2, 0) is 4.79 Å². The summed E-state index contributed by atoms with van der Waals surface area (Å²) in [6, 6.07) is 4.86. The maximum atomic E-state index is 10.7. The van der Waals surface area contributed by atoms with Gasteiger partial charge in [0.1, 0.15) is 11.9 Å². The maximum absolute atomic E-state index is 10.7. The van der Waals surface area contributed by atoms with Crippen molar-refractivity contribution in [3.05, 3.63) is 29.3 Å². The second kappa shape index (κ2) is 6.78. The van der Waals surface area contributed by atoms with Gasteiger partial charge in [-0.3, -0.25) is 4.79 Å². The van der Waals surface area contributed by atoms with Gasteiger partial charge in [-0.05, 0) is 25.5 Å². The van der Waals surface area contributed by atoms with E-state index >= 15 is 0 Å². The molecule has 100 valence electrons. The molecule has 0 saturated heterocycles. The zero-order valence-corrected chi connectivity index (χ0v) is 11.3. The Kier molecular flexibility index (Phi) is 5.65. The number of hydrogen-bond donors (Lipinski definition) is 3. The molecule has 0 bridgehead atoms. The third kappa shape index (κ3) is 4.33. The molecule has 1 aromatic carbocycles. The maximum Gasteiger partial charge on any atom is 0.185 e. The third-order valence-electron chi connectivity index (χ3n) is 2.59. The number of carbonyl (C=O) groups excluding carboxylic acids is 1. The Morgan fingerprint density at radius 1 is 1.39 bits per heavy atom. The highest BCUT2D eigenvalue weighted by atomic mass is 32.2. The van der Waals surface area contributed by atoms with E-state index in [1.165, 1.54) is 13.0 Å². The topological polar surface area (TPSA) is 77.8 Å². The van der Waals surface area contributed by atoms with Crippen molar-refractivity contribution in [1.29, 1.82) is 0 Å². The van der Waals surface area contributed by atoms with Crippen LogP contribution in [0, 0.1) is 6.92 Å². The highest BCUT2D eigenvalue weighted by Gasteiger charge is 2.21. The summed E-state index contributed by atoms with van der Waals surface area (Å²) in [6.07, 6.45) is -1.85. The summed E-state index contributed by atoms with van der Waals surface area (Å²) in [5.41, 5.74) is 1.21. The Morgan fingerprint density at radius 2 is 2.06 bits per heavy atom. The van der Waals surface area contributed by atoms with E-state index in [9.17, 15) is 20.1 Å². The van der Waals surface area contributed by atoms with E-state index < -0.39 is 12.2 Å². The van der Waals surface area contributed by atoms with Crippen molar-refractivity contribution in [2.45, 2.75) is 32.5 Å². The summed E-state index contributed by atoms with van der Waals surface area (Å²) >= 11 is 1.11. The first-order valence-corrected chi connectivity index (χ1v) is 6.69. The molecule has 0 heterocycles. The number of aliphatic hydroxyl groups is 2. The summed E-state index contributed by atoms with van der Waals surface area (Å²) in [7, 11) is 0. The molecule has 0 saturated carbocycles. The quantitative estimate of drug-likeness (QED) is 0.760. The van der Waals surface area contributed by atoms with Gasteiger partial charge in [0.15, 0.2) is 5.12 Å². The van der Waals surface area contributed by atoms with Crippen LogP contribution in [0.3, 0.4) is 0 Å². The predicted octanol–water partition coefficient (Wildman–Crippen LogP) is 1.76. The SMILES string of the molecule is CC(=O)SCCC(O)C(O)c1cc(C)ccc1O. The van der Waals surface area contributed by atoms with Crippen LogP contribution < -0.4 is 0 Å². The van der Waals surface area contributed by atoms with Crippen LogP contribution in [0.2, 0.25) is 0 Å². The van der Waals surface area contributed by atoms with Crippen molar-refractivity contribution in [3.63, 3.8) is 0 Å². The van der Waals surface area contributed by atoms with Crippen molar-refractivity contribution in [1.82, 2.24) is 0 Å². The molecule has 5 heteroatoms. The molecule has 0 aliphatic heterocycles. The van der Waals surface area contributed by atoms with E-state index in [0.717, 1.165) is 17.3 Å². The van der Waals surface area contributed by atoms with E-state index in [1.807, 2.05) is 6.92 Å². The van der Waals surface area contributed by atoms with Crippen LogP contribution in [0.25, 0.3) is 0 Å². The normalized spacial score (nSPS) is 14.2. The van der Waals surface area contributed by atoms with Crippen LogP contribution in [0.1, 0.15) is 30.6 Å². The second-order valence-corrected chi connectivity index (χ2v) is 5.48. The summed E-state index contributed by atoms with van der Waals surface area (Å²) in [4.78, 5) is 10.7. The van der Waals surface area contributed by atoms with Gasteiger partial charge in [-0.2, -0.15) is 0 Å². The first-order chi connectivity index (χ1) is 8.41. The zero-order chi connectivity index (χ0) is 13.7. The largest absolute Gasteiger partial charge is 0.508 e. The first-order valence-electron chi connectivity index (χ1n) is 5.71. The minimum Gasteiger partial charge on any atom is -0.508 e. The van der Waals surface area contributed by atoms with Crippen LogP contribution in [0.5, 0.6) is 5.75 Å². The predicted molar refractivity (Wildman–Crippen MR) is 71.6 cm³/mol. The lowest BCUT2D eigenvalue weighted by molar-refractivity contribution is -0.109. The van der Waals surface area contributed by atoms with Crippen molar-refractivity contribution in [2.75, 3.05) is 5.75 Å². The van der Waals surface area contributed by atoms with Gasteiger partial charge in [0, 0.05) is 18.2 Å². The fourth-order valence-corrected chi connectivity index (χ4v) is 2.25. The lowest BCUT2D eigenvalue weighted by Crippen LogP contribution is -2.19. The Morgan fingerprint density at radius 3 is 2.67 bits per heavy atom. The van der Waals surface area contributed by atoms with Gasteiger partial charge in [-0.15, -0.1) is 0 Å². The second-order valence-electron chi connectivity index (χ2n) is 4.20. The number of hydrogen-bond acceptors (Lipinski definition) is 5. The summed E-state index contributed by atoms with van der Waals surface area (Å²) < 4.78 is 0. The lowest BCUT2D eigenvalue weighted by Gasteiger charge is -2.19. The van der Waals surface area contributed by atoms with Crippen LogP contribution in [0.4, 0.5) is 0 Å². The highest BCUT2D eigenvalue weighted by Crippen LogP contribution is 2.28. The van der Waals surface area contributed by atoms with Crippen molar-refractivity contribution < 1.29 is 20.1 Å². The van der Waals surface area contributed by atoms with Gasteiger partial charge in [0.05, 0.1) is 6.10 Å². The van der Waals surface area contributed by atoms with Crippen LogP contribution in [-0.4, -0.2) is 32.3 Å². The van der Waals surface area contributed by atoms with Crippen molar-refractivity contribution >= 4 is 16.9 Å². The van der Waals surface area contributed by atoms with Gasteiger partial charge in [0.2, 0.25) is 0 Å². The average molecular weight is 270 g/mol. The van der Waals surface area contributed by atoms with Gasteiger partial charge in [-0.25, -0.2) is 0 Å². The minimum atomic E-state index is -1.14. The molecular formula is C13H18O4S. The number of aliphatic hydroxyl groups excluding tert-OH is 2. The highest BCUT2D eigenvalue weighted by molar-refractivity contribution is 8.13. The standard InChI is InChI=1S/C13H18O4S/c1-8-3-4-11(15)10(7-8)13(17)12(16)5-6-18-9(2)14/h3-4,7,12-13,15-17H,5-6H2,1-2H3. The molecule has 0 spiro atoms. The summed E-state index contributed by atoms with van der Waals surface area (Å²) in [6.45, 7) is 3.30. The van der Waals surface area contributed by atoms with Crippen LogP contribution in [0.15, 0.2) is 18.2 Å². The smallest absolute Gasteiger partial charge is 0.185 e. The van der Waals surface area contributed by atoms with Crippen molar-refractivity contribution in [2.24, 2.45) is 0 Å². The number of carbonyl (C=O) groups is 1. The third-order valence-corrected chi connectivity index (χ3v) is 3.43. The molecule has 0 aromatic heterocycles. The summed E-state index contributed by atoms with van der Waals surface area (Å²) in [5, 5.41) is 29.4. The average Bonchev–Trinajstić information content (AvgIpc) is 2.30. The fourth-order valence-electron chi connectivity index (χ4n) is 1.60. The van der Waals surface area contributed by atoms with E-state index in [1.54, 1.807) is 12.1 Å². The Bertz CT molecular complexity index is 419. The number of benzene rings is 1. The molecule has 1 rings (SSSR count). The number of thioether (sulfide) groups is 1. The van der Waals surface area contributed by atoms with E-state index in [2.05, 4.69) is 0 Å². The molecule has 2 unspecified atom stereocenters. The van der Waals surface area contributed by atoms with E-state index in [-0.39, 0.29) is 10.9 Å². The molecule has 0 radical (unpaired) electrons. The molecule has 3 N–H and O–H groups in total. The molecule has 0 fully saturated rings. The van der Waals surface area contributed by atoms with Crippen molar-refractivity contribution in [3.8, 4) is 5.75 Å².